The molecule has 0 saturated carbocycles. The number of aliphatic imine (C=N–C) groups is 1. The molecule has 13 heavy (non-hydrogen) atoms. The van der Waals surface area contributed by atoms with Crippen molar-refractivity contribution in [1.82, 2.24) is 4.90 Å². The highest BCUT2D eigenvalue weighted by Gasteiger charge is 2.41. The van der Waals surface area contributed by atoms with Crippen LogP contribution in [0.1, 0.15) is 0 Å². The van der Waals surface area contributed by atoms with Crippen LogP contribution in [0.5, 0.6) is 0 Å². The normalized spacial score (nSPS) is 23.0. The van der Waals surface area contributed by atoms with E-state index in [1.165, 1.54) is 7.05 Å². The van der Waals surface area contributed by atoms with Crippen LogP contribution in [-0.2, 0) is 4.79 Å². The molecule has 8 heteroatoms. The lowest BCUT2D eigenvalue weighted by Gasteiger charge is -2.21. The Morgan fingerprint density at radius 3 is 2.77 bits per heavy atom. The van der Waals surface area contributed by atoms with Gasteiger partial charge in [0.1, 0.15) is 0 Å². The summed E-state index contributed by atoms with van der Waals surface area (Å²) in [6.07, 6.45) is 0. The molecular weight excluding hydrogens is 178 g/mol. The predicted octanol–water partition coefficient (Wildman–Crippen LogP) is -1.60. The van der Waals surface area contributed by atoms with E-state index < -0.39 is 22.7 Å². The summed E-state index contributed by atoms with van der Waals surface area (Å²) in [4.78, 5) is 24.8. The number of amides is 1. The van der Waals surface area contributed by atoms with E-state index in [4.69, 9.17) is 11.1 Å². The number of nitro groups is 1. The minimum absolute atomic E-state index is 0.388. The van der Waals surface area contributed by atoms with Crippen molar-refractivity contribution >= 4 is 17.7 Å². The van der Waals surface area contributed by atoms with Gasteiger partial charge in [0.25, 0.3) is 0 Å². The van der Waals surface area contributed by atoms with E-state index in [0.29, 0.717) is 0 Å². The van der Waals surface area contributed by atoms with E-state index in [-0.39, 0.29) is 5.96 Å². The summed E-state index contributed by atoms with van der Waals surface area (Å²) in [6.45, 7) is 0. The summed E-state index contributed by atoms with van der Waals surface area (Å²) in [7, 11) is 1.23. The molecule has 70 valence electrons. The molecule has 1 aliphatic rings. The van der Waals surface area contributed by atoms with Gasteiger partial charge in [-0.1, -0.05) is 0 Å². The maximum absolute atomic E-state index is 11.2. The van der Waals surface area contributed by atoms with E-state index in [0.717, 1.165) is 4.90 Å². The van der Waals surface area contributed by atoms with E-state index in [1.54, 1.807) is 0 Å². The quantitative estimate of drug-likeness (QED) is 0.376. The van der Waals surface area contributed by atoms with Crippen LogP contribution in [-0.4, -0.2) is 40.6 Å². The number of hydrogen-bond donors (Lipinski definition) is 2. The van der Waals surface area contributed by atoms with E-state index in [9.17, 15) is 14.9 Å². The molecular formula is C5H7N5O3. The van der Waals surface area contributed by atoms with Gasteiger partial charge in [0.2, 0.25) is 5.96 Å². The largest absolute Gasteiger partial charge is 0.381 e. The van der Waals surface area contributed by atoms with Gasteiger partial charge >= 0.3 is 11.9 Å². The fraction of sp³-hybridized carbons (Fsp3) is 0.400. The number of carbonyl (C=O) groups excluding carboxylic acids is 1. The molecule has 3 N–H and O–H groups in total. The van der Waals surface area contributed by atoms with Crippen molar-refractivity contribution in [3.05, 3.63) is 10.1 Å². The fourth-order valence-electron chi connectivity index (χ4n) is 0.871. The van der Waals surface area contributed by atoms with Crippen molar-refractivity contribution in [2.24, 2.45) is 10.7 Å². The minimum Gasteiger partial charge on any atom is -0.381 e. The summed E-state index contributed by atoms with van der Waals surface area (Å²) >= 11 is 0. The highest BCUT2D eigenvalue weighted by atomic mass is 16.6. The highest BCUT2D eigenvalue weighted by molar-refractivity contribution is 6.17. The number of rotatable bonds is 1. The van der Waals surface area contributed by atoms with Crippen molar-refractivity contribution in [1.29, 1.82) is 5.41 Å². The summed E-state index contributed by atoms with van der Waals surface area (Å²) in [5.74, 6) is -1.68. The number of amidine groups is 1. The van der Waals surface area contributed by atoms with Gasteiger partial charge in [-0.25, -0.2) is 0 Å². The Balaban J connectivity index is 3.12. The third-order valence-electron chi connectivity index (χ3n) is 1.61. The molecule has 1 rings (SSSR count). The summed E-state index contributed by atoms with van der Waals surface area (Å²) < 4.78 is 0. The molecule has 8 nitrogen and oxygen atoms in total. The zero-order valence-electron chi connectivity index (χ0n) is 6.72. The number of guanidine groups is 1. The Morgan fingerprint density at radius 1 is 1.77 bits per heavy atom. The molecule has 0 bridgehead atoms. The Hall–Kier alpha value is -1.99. The molecule has 0 aromatic carbocycles. The fourth-order valence-corrected chi connectivity index (χ4v) is 0.871. The van der Waals surface area contributed by atoms with Gasteiger partial charge in [0.15, 0.2) is 5.84 Å². The first-order chi connectivity index (χ1) is 5.95. The first-order valence-electron chi connectivity index (χ1n) is 3.29. The topological polar surface area (TPSA) is 126 Å². The molecule has 0 radical (unpaired) electrons. The number of nitrogens with zero attached hydrogens (tertiary/aromatic N) is 3. The Morgan fingerprint density at radius 2 is 2.31 bits per heavy atom. The Bertz CT molecular complexity index is 322. The average molecular weight is 185 g/mol. The number of nitrogens with two attached hydrogens (primary N) is 1. The van der Waals surface area contributed by atoms with Crippen molar-refractivity contribution in [2.75, 3.05) is 7.05 Å². The van der Waals surface area contributed by atoms with Gasteiger partial charge < -0.3 is 5.73 Å². The molecule has 1 aliphatic heterocycles. The molecule has 0 aliphatic carbocycles. The monoisotopic (exact) mass is 185 g/mol. The first-order valence-corrected chi connectivity index (χ1v) is 3.29. The van der Waals surface area contributed by atoms with Crippen molar-refractivity contribution in [2.45, 2.75) is 6.04 Å². The van der Waals surface area contributed by atoms with Gasteiger partial charge in [-0.2, -0.15) is 4.99 Å². The molecule has 0 aromatic rings. The lowest BCUT2D eigenvalue weighted by molar-refractivity contribution is -0.490. The van der Waals surface area contributed by atoms with Gasteiger partial charge in [0.05, 0.1) is 0 Å². The predicted molar refractivity (Wildman–Crippen MR) is 42.9 cm³/mol. The van der Waals surface area contributed by atoms with Gasteiger partial charge in [-0.15, -0.1) is 0 Å². The second kappa shape index (κ2) is 2.81. The van der Waals surface area contributed by atoms with Crippen LogP contribution in [0.15, 0.2) is 4.99 Å². The molecule has 1 heterocycles. The van der Waals surface area contributed by atoms with Crippen LogP contribution >= 0.6 is 0 Å². The lowest BCUT2D eigenvalue weighted by atomic mass is 10.2. The third-order valence-corrected chi connectivity index (χ3v) is 1.61. The lowest BCUT2D eigenvalue weighted by Crippen LogP contribution is -2.54. The second-order valence-corrected chi connectivity index (χ2v) is 2.45. The van der Waals surface area contributed by atoms with Crippen LogP contribution in [0.25, 0.3) is 0 Å². The van der Waals surface area contributed by atoms with Gasteiger partial charge in [-0.05, 0) is 0 Å². The smallest absolute Gasteiger partial charge is 0.346 e. The van der Waals surface area contributed by atoms with E-state index in [1.807, 2.05) is 0 Å². The molecule has 0 saturated heterocycles. The van der Waals surface area contributed by atoms with Crippen LogP contribution in [0, 0.1) is 15.5 Å². The standard InChI is InChI=1S/C5H7N5O3/c1-9-4(11)2(10(12)13)3(6)8-5(9)7/h2H,1H3,(H3,6,7,8). The first kappa shape index (κ1) is 9.10. The zero-order valence-corrected chi connectivity index (χ0v) is 6.72. The number of nitrogens with one attached hydrogen (secondary N) is 1. The molecule has 1 unspecified atom stereocenters. The van der Waals surface area contributed by atoms with Gasteiger partial charge in [-0.3, -0.25) is 25.2 Å². The van der Waals surface area contributed by atoms with Gasteiger partial charge in [0, 0.05) is 12.0 Å². The van der Waals surface area contributed by atoms with Crippen LogP contribution in [0.3, 0.4) is 0 Å². The molecule has 0 spiro atoms. The van der Waals surface area contributed by atoms with Crippen LogP contribution in [0.2, 0.25) is 0 Å². The van der Waals surface area contributed by atoms with Crippen molar-refractivity contribution in [3.63, 3.8) is 0 Å². The minimum atomic E-state index is -1.65. The number of likely N-dealkylation sites (N-methyl/N-ethyl adjacent to an activating group) is 1. The second-order valence-electron chi connectivity index (χ2n) is 2.45. The zero-order chi connectivity index (χ0) is 10.2. The Labute approximate surface area is 72.7 Å². The maximum atomic E-state index is 11.2. The third kappa shape index (κ3) is 1.33. The Kier molecular flexibility index (Phi) is 1.97. The molecule has 1 atom stereocenters. The SMILES string of the molecule is CN1C(=N)N=C(N)C([N+](=O)[O-])C1=O. The number of carbonyl (C=O) groups is 1. The van der Waals surface area contributed by atoms with Crippen LogP contribution in [0.4, 0.5) is 0 Å². The van der Waals surface area contributed by atoms with E-state index in [2.05, 4.69) is 4.99 Å². The number of hydrogen-bond acceptors (Lipinski definition) is 5. The highest BCUT2D eigenvalue weighted by Crippen LogP contribution is 2.05. The summed E-state index contributed by atoms with van der Waals surface area (Å²) in [5, 5.41) is 17.5. The van der Waals surface area contributed by atoms with E-state index >= 15 is 0 Å². The van der Waals surface area contributed by atoms with Crippen molar-refractivity contribution < 1.29 is 9.72 Å². The van der Waals surface area contributed by atoms with Crippen LogP contribution < -0.4 is 5.73 Å². The summed E-state index contributed by atoms with van der Waals surface area (Å²) in [6, 6.07) is -1.65. The molecule has 1 amide bonds. The molecule has 0 aromatic heterocycles. The molecule has 0 fully saturated rings. The average Bonchev–Trinajstić information content (AvgIpc) is 1.99. The van der Waals surface area contributed by atoms with Crippen molar-refractivity contribution in [3.8, 4) is 0 Å². The maximum Gasteiger partial charge on any atom is 0.346 e. The summed E-state index contributed by atoms with van der Waals surface area (Å²) in [5.41, 5.74) is 5.14.